The zero-order chi connectivity index (χ0) is 14.7. The van der Waals surface area contributed by atoms with Crippen molar-refractivity contribution in [3.05, 3.63) is 53.5 Å². The molecule has 1 aromatic carbocycles. The zero-order valence-corrected chi connectivity index (χ0v) is 12.4. The molecule has 2 aromatic heterocycles. The maximum absolute atomic E-state index is 5.51. The van der Waals surface area contributed by atoms with E-state index in [-0.39, 0.29) is 0 Å². The summed E-state index contributed by atoms with van der Waals surface area (Å²) in [5.41, 5.74) is 6.74. The third-order valence-electron chi connectivity index (χ3n) is 2.90. The maximum Gasteiger partial charge on any atom is 0.293 e. The Labute approximate surface area is 126 Å². The van der Waals surface area contributed by atoms with Crippen LogP contribution in [0.1, 0.15) is 17.1 Å². The second kappa shape index (κ2) is 6.15. The summed E-state index contributed by atoms with van der Waals surface area (Å²) in [6.45, 7) is 2.42. The van der Waals surface area contributed by atoms with Crippen molar-refractivity contribution < 1.29 is 8.94 Å². The molecule has 0 spiro atoms. The van der Waals surface area contributed by atoms with Crippen molar-refractivity contribution in [2.75, 3.05) is 0 Å². The Morgan fingerprint density at radius 1 is 1.24 bits per heavy atom. The molecule has 0 atom stereocenters. The molecular weight excluding hydrogens is 286 g/mol. The number of hydrogen-bond donors (Lipinski definition) is 1. The van der Waals surface area contributed by atoms with Crippen molar-refractivity contribution in [2.24, 2.45) is 5.73 Å². The van der Waals surface area contributed by atoms with Crippen molar-refractivity contribution >= 4 is 11.8 Å². The molecule has 0 saturated heterocycles. The second-order valence-electron chi connectivity index (χ2n) is 4.59. The van der Waals surface area contributed by atoms with Crippen molar-refractivity contribution in [2.45, 2.75) is 24.1 Å². The standard InChI is InChI=1S/C15H15N3O2S/c1-10-3-2-4-12(7-10)21-9-14-17-15(20-18-14)13-6-5-11(8-16)19-13/h2-7H,8-9,16H2,1H3. The molecule has 108 valence electrons. The molecule has 0 aliphatic heterocycles. The minimum Gasteiger partial charge on any atom is -0.455 e. The van der Waals surface area contributed by atoms with Crippen LogP contribution >= 0.6 is 11.8 Å². The van der Waals surface area contributed by atoms with Crippen LogP contribution in [-0.4, -0.2) is 10.1 Å². The monoisotopic (exact) mass is 301 g/mol. The number of nitrogens with two attached hydrogens (primary N) is 1. The molecule has 0 bridgehead atoms. The van der Waals surface area contributed by atoms with Gasteiger partial charge in [0, 0.05) is 4.90 Å². The molecule has 0 aliphatic rings. The predicted octanol–water partition coefficient (Wildman–Crippen LogP) is 3.39. The van der Waals surface area contributed by atoms with Crippen LogP contribution in [0.4, 0.5) is 0 Å². The smallest absolute Gasteiger partial charge is 0.293 e. The quantitative estimate of drug-likeness (QED) is 0.728. The fourth-order valence-electron chi connectivity index (χ4n) is 1.87. The first-order valence-corrected chi connectivity index (χ1v) is 7.54. The lowest BCUT2D eigenvalue weighted by molar-refractivity contribution is 0.407. The summed E-state index contributed by atoms with van der Waals surface area (Å²) < 4.78 is 10.7. The SMILES string of the molecule is Cc1cccc(SCc2noc(-c3ccc(CN)o3)n2)c1. The van der Waals surface area contributed by atoms with Crippen LogP contribution in [0, 0.1) is 6.92 Å². The normalized spacial score (nSPS) is 11.0. The number of hydrogen-bond acceptors (Lipinski definition) is 6. The molecule has 3 aromatic rings. The molecule has 2 heterocycles. The van der Waals surface area contributed by atoms with Crippen molar-refractivity contribution in [1.82, 2.24) is 10.1 Å². The van der Waals surface area contributed by atoms with Crippen LogP contribution in [0.3, 0.4) is 0 Å². The number of aromatic nitrogens is 2. The molecule has 0 radical (unpaired) electrons. The first-order valence-electron chi connectivity index (χ1n) is 6.56. The van der Waals surface area contributed by atoms with Gasteiger partial charge in [-0.25, -0.2) is 0 Å². The van der Waals surface area contributed by atoms with Crippen molar-refractivity contribution in [3.8, 4) is 11.7 Å². The summed E-state index contributed by atoms with van der Waals surface area (Å²) >= 11 is 1.67. The highest BCUT2D eigenvalue weighted by molar-refractivity contribution is 7.98. The van der Waals surface area contributed by atoms with Crippen LogP contribution in [0.2, 0.25) is 0 Å². The van der Waals surface area contributed by atoms with Gasteiger partial charge in [-0.3, -0.25) is 0 Å². The van der Waals surface area contributed by atoms with E-state index >= 15 is 0 Å². The Hall–Kier alpha value is -2.05. The first kappa shape index (κ1) is 13.9. The number of nitrogens with zero attached hydrogens (tertiary/aromatic N) is 2. The van der Waals surface area contributed by atoms with E-state index in [4.69, 9.17) is 14.7 Å². The van der Waals surface area contributed by atoms with Crippen LogP contribution in [-0.2, 0) is 12.3 Å². The lowest BCUT2D eigenvalue weighted by atomic mass is 10.2. The van der Waals surface area contributed by atoms with Gasteiger partial charge < -0.3 is 14.7 Å². The minimum atomic E-state index is 0.351. The average Bonchev–Trinajstić information content (AvgIpc) is 3.14. The van der Waals surface area contributed by atoms with Gasteiger partial charge in [0.05, 0.1) is 12.3 Å². The summed E-state index contributed by atoms with van der Waals surface area (Å²) in [5, 5.41) is 3.97. The van der Waals surface area contributed by atoms with Gasteiger partial charge in [-0.15, -0.1) is 11.8 Å². The van der Waals surface area contributed by atoms with E-state index in [0.29, 0.717) is 35.5 Å². The molecule has 0 aliphatic carbocycles. The number of aryl methyl sites for hydroxylation is 1. The van der Waals surface area contributed by atoms with Gasteiger partial charge in [0.2, 0.25) is 0 Å². The molecule has 5 nitrogen and oxygen atoms in total. The van der Waals surface area contributed by atoms with Crippen LogP contribution < -0.4 is 5.73 Å². The largest absolute Gasteiger partial charge is 0.455 e. The zero-order valence-electron chi connectivity index (χ0n) is 11.6. The van der Waals surface area contributed by atoms with Gasteiger partial charge in [-0.05, 0) is 31.2 Å². The predicted molar refractivity (Wildman–Crippen MR) is 80.6 cm³/mol. The average molecular weight is 301 g/mol. The Kier molecular flexibility index (Phi) is 4.08. The number of furan rings is 1. The third kappa shape index (κ3) is 3.34. The molecule has 6 heteroatoms. The highest BCUT2D eigenvalue weighted by Gasteiger charge is 2.12. The molecule has 0 unspecified atom stereocenters. The Bertz CT molecular complexity index is 736. The van der Waals surface area contributed by atoms with E-state index in [2.05, 4.69) is 35.3 Å². The van der Waals surface area contributed by atoms with Gasteiger partial charge in [0.15, 0.2) is 11.6 Å². The van der Waals surface area contributed by atoms with Gasteiger partial charge in [0.1, 0.15) is 5.76 Å². The number of rotatable bonds is 5. The van der Waals surface area contributed by atoms with E-state index < -0.39 is 0 Å². The lowest BCUT2D eigenvalue weighted by Crippen LogP contribution is -1.92. The molecule has 0 saturated carbocycles. The fraction of sp³-hybridized carbons (Fsp3) is 0.200. The van der Waals surface area contributed by atoms with Crippen LogP contribution in [0.25, 0.3) is 11.7 Å². The highest BCUT2D eigenvalue weighted by Crippen LogP contribution is 2.25. The molecule has 3 rings (SSSR count). The van der Waals surface area contributed by atoms with E-state index in [0.717, 1.165) is 0 Å². The van der Waals surface area contributed by atoms with E-state index in [1.54, 1.807) is 23.9 Å². The molecule has 0 amide bonds. The van der Waals surface area contributed by atoms with E-state index in [1.165, 1.54) is 10.5 Å². The molecule has 21 heavy (non-hydrogen) atoms. The summed E-state index contributed by atoms with van der Waals surface area (Å²) in [6, 6.07) is 11.9. The van der Waals surface area contributed by atoms with Crippen molar-refractivity contribution in [3.63, 3.8) is 0 Å². The maximum atomic E-state index is 5.51. The fourth-order valence-corrected chi connectivity index (χ4v) is 2.73. The highest BCUT2D eigenvalue weighted by atomic mass is 32.2. The Morgan fingerprint density at radius 3 is 2.90 bits per heavy atom. The molecule has 2 N–H and O–H groups in total. The number of benzene rings is 1. The Morgan fingerprint density at radius 2 is 2.14 bits per heavy atom. The van der Waals surface area contributed by atoms with E-state index in [9.17, 15) is 0 Å². The van der Waals surface area contributed by atoms with Gasteiger partial charge in [-0.2, -0.15) is 4.98 Å². The summed E-state index contributed by atoms with van der Waals surface area (Å²) in [6.07, 6.45) is 0. The second-order valence-corrected chi connectivity index (χ2v) is 5.64. The van der Waals surface area contributed by atoms with Crippen LogP contribution in [0.5, 0.6) is 0 Å². The topological polar surface area (TPSA) is 78.1 Å². The van der Waals surface area contributed by atoms with Crippen molar-refractivity contribution in [1.29, 1.82) is 0 Å². The van der Waals surface area contributed by atoms with Gasteiger partial charge >= 0.3 is 0 Å². The van der Waals surface area contributed by atoms with E-state index in [1.807, 2.05) is 6.07 Å². The third-order valence-corrected chi connectivity index (χ3v) is 3.89. The molecule has 0 fully saturated rings. The Balaban J connectivity index is 1.67. The van der Waals surface area contributed by atoms with Gasteiger partial charge in [0.25, 0.3) is 5.89 Å². The summed E-state index contributed by atoms with van der Waals surface area (Å²) in [5.74, 6) is 2.92. The first-order chi connectivity index (χ1) is 10.2. The molecular formula is C15H15N3O2S. The van der Waals surface area contributed by atoms with Gasteiger partial charge in [-0.1, -0.05) is 22.9 Å². The minimum absolute atomic E-state index is 0.351. The lowest BCUT2D eigenvalue weighted by Gasteiger charge is -1.99. The summed E-state index contributed by atoms with van der Waals surface area (Å²) in [7, 11) is 0. The summed E-state index contributed by atoms with van der Waals surface area (Å²) in [4.78, 5) is 5.52. The number of thioether (sulfide) groups is 1. The van der Waals surface area contributed by atoms with Crippen LogP contribution in [0.15, 0.2) is 50.2 Å².